The van der Waals surface area contributed by atoms with Crippen molar-refractivity contribution in [1.29, 1.82) is 0 Å². The van der Waals surface area contributed by atoms with E-state index in [1.54, 1.807) is 7.11 Å². The molecule has 7 heteroatoms. The number of H-pyrrole nitrogens is 1. The number of carbonyl (C=O) groups is 1. The van der Waals surface area contributed by atoms with Crippen LogP contribution in [0.3, 0.4) is 0 Å². The molecular weight excluding hydrogens is 330 g/mol. The van der Waals surface area contributed by atoms with Gasteiger partial charge in [0.25, 0.3) is 0 Å². The molecule has 3 rings (SSSR count). The summed E-state index contributed by atoms with van der Waals surface area (Å²) in [6, 6.07) is 13.4. The van der Waals surface area contributed by atoms with Crippen molar-refractivity contribution in [2.24, 2.45) is 0 Å². The molecule has 134 valence electrons. The van der Waals surface area contributed by atoms with Crippen LogP contribution in [0.15, 0.2) is 42.5 Å². The number of methoxy groups -OCH3 is 1. The lowest BCUT2D eigenvalue weighted by Gasteiger charge is -2.15. The average Bonchev–Trinajstić information content (AvgIpc) is 3.17. The molecule has 3 aromatic rings. The molecule has 1 heterocycles. The minimum atomic E-state index is -0.567. The number of tetrazole rings is 1. The molecular formula is C19H21N5O2. The highest BCUT2D eigenvalue weighted by atomic mass is 16.5. The van der Waals surface area contributed by atoms with Gasteiger partial charge in [-0.15, -0.1) is 10.2 Å². The quantitative estimate of drug-likeness (QED) is 0.712. The highest BCUT2D eigenvalue weighted by molar-refractivity contribution is 5.95. The number of aryl methyl sites for hydroxylation is 2. The third-order valence-corrected chi connectivity index (χ3v) is 4.34. The Morgan fingerprint density at radius 1 is 1.19 bits per heavy atom. The molecule has 0 fully saturated rings. The van der Waals surface area contributed by atoms with Crippen LogP contribution in [0.1, 0.15) is 28.4 Å². The van der Waals surface area contributed by atoms with Crippen molar-refractivity contribution < 1.29 is 9.53 Å². The Kier molecular flexibility index (Phi) is 5.26. The summed E-state index contributed by atoms with van der Waals surface area (Å²) >= 11 is 0. The van der Waals surface area contributed by atoms with E-state index in [4.69, 9.17) is 4.74 Å². The second-order valence-corrected chi connectivity index (χ2v) is 6.17. The van der Waals surface area contributed by atoms with Crippen LogP contribution in [0, 0.1) is 13.8 Å². The van der Waals surface area contributed by atoms with Gasteiger partial charge in [0, 0.05) is 5.69 Å². The lowest BCUT2D eigenvalue weighted by molar-refractivity contribution is -0.117. The summed E-state index contributed by atoms with van der Waals surface area (Å²) in [5, 5.41) is 17.0. The van der Waals surface area contributed by atoms with Gasteiger partial charge in [0.1, 0.15) is 11.7 Å². The first-order valence-electron chi connectivity index (χ1n) is 8.31. The number of hydrogen-bond donors (Lipinski definition) is 2. The van der Waals surface area contributed by atoms with Crippen LogP contribution < -0.4 is 10.1 Å². The summed E-state index contributed by atoms with van der Waals surface area (Å²) in [6.07, 6.45) is 0.438. The maximum absolute atomic E-state index is 12.9. The van der Waals surface area contributed by atoms with Crippen LogP contribution in [0.4, 0.5) is 5.69 Å². The van der Waals surface area contributed by atoms with Crippen LogP contribution in [0.5, 0.6) is 5.75 Å². The molecule has 1 aromatic heterocycles. The number of aromatic nitrogens is 4. The largest absolute Gasteiger partial charge is 0.497 e. The average molecular weight is 351 g/mol. The number of ether oxygens (including phenoxy) is 1. The fourth-order valence-corrected chi connectivity index (χ4v) is 2.70. The van der Waals surface area contributed by atoms with Gasteiger partial charge in [-0.05, 0) is 61.2 Å². The fourth-order valence-electron chi connectivity index (χ4n) is 2.70. The van der Waals surface area contributed by atoms with Gasteiger partial charge in [-0.3, -0.25) is 4.79 Å². The van der Waals surface area contributed by atoms with Gasteiger partial charge in [-0.1, -0.05) is 23.4 Å². The van der Waals surface area contributed by atoms with E-state index < -0.39 is 5.92 Å². The van der Waals surface area contributed by atoms with Crippen molar-refractivity contribution in [2.45, 2.75) is 26.2 Å². The maximum Gasteiger partial charge on any atom is 0.235 e. The van der Waals surface area contributed by atoms with Gasteiger partial charge >= 0.3 is 0 Å². The standard InChI is InChI=1S/C19H21N5O2/c1-12-7-8-15(9-13(12)2)20-19(25)17(18-21-23-24-22-18)11-14-5-4-6-16(10-14)26-3/h4-10,17H,11H2,1-3H3,(H,20,25)(H,21,22,23,24)/t17-/m0/s1. The summed E-state index contributed by atoms with van der Waals surface area (Å²) in [5.41, 5.74) is 3.99. The highest BCUT2D eigenvalue weighted by Crippen LogP contribution is 2.23. The van der Waals surface area contributed by atoms with Crippen molar-refractivity contribution in [2.75, 3.05) is 12.4 Å². The molecule has 0 spiro atoms. The SMILES string of the molecule is COc1cccc(C[C@H](C(=O)Nc2ccc(C)c(C)c2)c2nn[nH]n2)c1. The third kappa shape index (κ3) is 4.05. The summed E-state index contributed by atoms with van der Waals surface area (Å²) in [4.78, 5) is 12.9. The second kappa shape index (κ2) is 7.77. The molecule has 0 saturated heterocycles. The Hall–Kier alpha value is -3.22. The molecule has 0 aliphatic carbocycles. The minimum Gasteiger partial charge on any atom is -0.497 e. The summed E-state index contributed by atoms with van der Waals surface area (Å²) < 4.78 is 5.26. The van der Waals surface area contributed by atoms with Crippen LogP contribution in [0.2, 0.25) is 0 Å². The number of benzene rings is 2. The predicted octanol–water partition coefficient (Wildman–Crippen LogP) is 2.79. The zero-order chi connectivity index (χ0) is 18.5. The number of carbonyl (C=O) groups excluding carboxylic acids is 1. The van der Waals surface area contributed by atoms with Gasteiger partial charge < -0.3 is 10.1 Å². The Labute approximate surface area is 151 Å². The molecule has 2 aromatic carbocycles. The van der Waals surface area contributed by atoms with E-state index in [9.17, 15) is 4.79 Å². The fraction of sp³-hybridized carbons (Fsp3) is 0.263. The molecule has 26 heavy (non-hydrogen) atoms. The molecule has 0 saturated carbocycles. The van der Waals surface area contributed by atoms with E-state index in [0.29, 0.717) is 12.2 Å². The summed E-state index contributed by atoms with van der Waals surface area (Å²) in [7, 11) is 1.61. The second-order valence-electron chi connectivity index (χ2n) is 6.17. The zero-order valence-electron chi connectivity index (χ0n) is 15.0. The van der Waals surface area contributed by atoms with Gasteiger partial charge in [0.2, 0.25) is 5.91 Å². The Balaban J connectivity index is 1.83. The van der Waals surface area contributed by atoms with E-state index in [2.05, 4.69) is 25.9 Å². The maximum atomic E-state index is 12.9. The highest BCUT2D eigenvalue weighted by Gasteiger charge is 2.25. The first kappa shape index (κ1) is 17.6. The first-order chi connectivity index (χ1) is 12.6. The molecule has 0 unspecified atom stereocenters. The monoisotopic (exact) mass is 351 g/mol. The first-order valence-corrected chi connectivity index (χ1v) is 8.31. The minimum absolute atomic E-state index is 0.183. The number of nitrogens with one attached hydrogen (secondary N) is 2. The lowest BCUT2D eigenvalue weighted by Crippen LogP contribution is -2.24. The van der Waals surface area contributed by atoms with E-state index in [0.717, 1.165) is 22.6 Å². The number of amides is 1. The Morgan fingerprint density at radius 3 is 2.73 bits per heavy atom. The van der Waals surface area contributed by atoms with Gasteiger partial charge in [-0.2, -0.15) is 5.21 Å². The van der Waals surface area contributed by atoms with E-state index in [1.165, 1.54) is 5.56 Å². The molecule has 0 aliphatic heterocycles. The van der Waals surface area contributed by atoms with Crippen LogP contribution in [0.25, 0.3) is 0 Å². The van der Waals surface area contributed by atoms with Crippen molar-refractivity contribution >= 4 is 11.6 Å². The molecule has 1 atom stereocenters. The van der Waals surface area contributed by atoms with Crippen molar-refractivity contribution in [3.8, 4) is 5.75 Å². The number of aromatic amines is 1. The third-order valence-electron chi connectivity index (χ3n) is 4.34. The van der Waals surface area contributed by atoms with Crippen molar-refractivity contribution in [1.82, 2.24) is 20.6 Å². The van der Waals surface area contributed by atoms with Crippen LogP contribution in [-0.4, -0.2) is 33.6 Å². The predicted molar refractivity (Wildman–Crippen MR) is 98.2 cm³/mol. The summed E-state index contributed by atoms with van der Waals surface area (Å²) in [6.45, 7) is 4.05. The normalized spacial score (nSPS) is 11.8. The lowest BCUT2D eigenvalue weighted by atomic mass is 9.97. The topological polar surface area (TPSA) is 92.8 Å². The Bertz CT molecular complexity index is 893. The molecule has 0 radical (unpaired) electrons. The van der Waals surface area contributed by atoms with Crippen LogP contribution in [-0.2, 0) is 11.2 Å². The molecule has 2 N–H and O–H groups in total. The Morgan fingerprint density at radius 2 is 2.04 bits per heavy atom. The van der Waals surface area contributed by atoms with Gasteiger partial charge in [0.05, 0.1) is 7.11 Å². The van der Waals surface area contributed by atoms with Gasteiger partial charge in [0.15, 0.2) is 5.82 Å². The number of nitrogens with zero attached hydrogens (tertiary/aromatic N) is 3. The molecule has 0 aliphatic rings. The smallest absolute Gasteiger partial charge is 0.235 e. The number of hydrogen-bond acceptors (Lipinski definition) is 5. The van der Waals surface area contributed by atoms with Gasteiger partial charge in [-0.25, -0.2) is 0 Å². The van der Waals surface area contributed by atoms with E-state index in [-0.39, 0.29) is 5.91 Å². The number of rotatable bonds is 6. The zero-order valence-corrected chi connectivity index (χ0v) is 15.0. The summed E-state index contributed by atoms with van der Waals surface area (Å²) in [5.74, 6) is 0.345. The van der Waals surface area contributed by atoms with Crippen molar-refractivity contribution in [3.05, 3.63) is 65.0 Å². The molecule has 0 bridgehead atoms. The van der Waals surface area contributed by atoms with E-state index >= 15 is 0 Å². The molecule has 7 nitrogen and oxygen atoms in total. The van der Waals surface area contributed by atoms with Crippen molar-refractivity contribution in [3.63, 3.8) is 0 Å². The number of anilines is 1. The van der Waals surface area contributed by atoms with Crippen LogP contribution >= 0.6 is 0 Å². The van der Waals surface area contributed by atoms with E-state index in [1.807, 2.05) is 56.3 Å². The molecule has 1 amide bonds.